The Labute approximate surface area is 132 Å². The molecule has 6 nitrogen and oxygen atoms in total. The molecule has 1 unspecified atom stereocenters. The minimum Gasteiger partial charge on any atom is -0.355 e. The number of halogens is 1. The van der Waals surface area contributed by atoms with Gasteiger partial charge in [0.2, 0.25) is 15.9 Å². The zero-order valence-corrected chi connectivity index (χ0v) is 13.5. The van der Waals surface area contributed by atoms with Gasteiger partial charge in [-0.2, -0.15) is 0 Å². The first kappa shape index (κ1) is 19.9. The molecule has 0 bridgehead atoms. The van der Waals surface area contributed by atoms with Gasteiger partial charge in [-0.3, -0.25) is 4.79 Å². The second kappa shape index (κ2) is 9.73. The SMILES string of the molecule is CC(N)CC(=O)NCCS(=O)(=O)NCc1ccccc1.Cl. The molecule has 0 radical (unpaired) electrons. The number of carbonyl (C=O) groups excluding carboxylic acids is 1. The number of carbonyl (C=O) groups is 1. The average molecular weight is 336 g/mol. The maximum absolute atomic E-state index is 11.7. The van der Waals surface area contributed by atoms with Crippen LogP contribution in [-0.2, 0) is 21.4 Å². The Kier molecular flexibility index (Phi) is 9.19. The average Bonchev–Trinajstić information content (AvgIpc) is 2.36. The number of benzene rings is 1. The number of sulfonamides is 1. The number of nitrogens with two attached hydrogens (primary N) is 1. The zero-order chi connectivity index (χ0) is 15.0. The lowest BCUT2D eigenvalue weighted by Gasteiger charge is -2.09. The van der Waals surface area contributed by atoms with E-state index in [4.69, 9.17) is 5.73 Å². The minimum atomic E-state index is -3.40. The third-order valence-electron chi connectivity index (χ3n) is 2.54. The van der Waals surface area contributed by atoms with E-state index in [0.717, 1.165) is 5.56 Å². The molecule has 120 valence electrons. The van der Waals surface area contributed by atoms with Crippen LogP contribution in [0.5, 0.6) is 0 Å². The molecule has 0 fully saturated rings. The summed E-state index contributed by atoms with van der Waals surface area (Å²) >= 11 is 0. The van der Waals surface area contributed by atoms with Crippen molar-refractivity contribution in [2.75, 3.05) is 12.3 Å². The third-order valence-corrected chi connectivity index (χ3v) is 3.87. The van der Waals surface area contributed by atoms with E-state index in [1.165, 1.54) is 0 Å². The van der Waals surface area contributed by atoms with Crippen LogP contribution in [0.4, 0.5) is 0 Å². The summed E-state index contributed by atoms with van der Waals surface area (Å²) in [7, 11) is -3.40. The van der Waals surface area contributed by atoms with Gasteiger partial charge in [-0.1, -0.05) is 30.3 Å². The van der Waals surface area contributed by atoms with Gasteiger partial charge >= 0.3 is 0 Å². The highest BCUT2D eigenvalue weighted by Gasteiger charge is 2.11. The Hall–Kier alpha value is -1.15. The van der Waals surface area contributed by atoms with Gasteiger partial charge in [0.15, 0.2) is 0 Å². The van der Waals surface area contributed by atoms with E-state index in [0.29, 0.717) is 0 Å². The molecular formula is C13H22ClN3O3S. The monoisotopic (exact) mass is 335 g/mol. The molecule has 0 heterocycles. The maximum Gasteiger partial charge on any atom is 0.221 e. The highest BCUT2D eigenvalue weighted by Crippen LogP contribution is 1.98. The summed E-state index contributed by atoms with van der Waals surface area (Å²) in [6.07, 6.45) is 0.192. The smallest absolute Gasteiger partial charge is 0.221 e. The van der Waals surface area contributed by atoms with E-state index in [9.17, 15) is 13.2 Å². The number of hydrogen-bond acceptors (Lipinski definition) is 4. The van der Waals surface area contributed by atoms with Crippen LogP contribution >= 0.6 is 12.4 Å². The van der Waals surface area contributed by atoms with Gasteiger partial charge in [-0.25, -0.2) is 13.1 Å². The van der Waals surface area contributed by atoms with E-state index in [2.05, 4.69) is 10.0 Å². The molecule has 0 aromatic heterocycles. The van der Waals surface area contributed by atoms with Crippen LogP contribution in [0.1, 0.15) is 18.9 Å². The fraction of sp³-hybridized carbons (Fsp3) is 0.462. The van der Waals surface area contributed by atoms with Crippen molar-refractivity contribution in [1.82, 2.24) is 10.0 Å². The van der Waals surface area contributed by atoms with Crippen molar-refractivity contribution < 1.29 is 13.2 Å². The van der Waals surface area contributed by atoms with Crippen molar-refractivity contribution in [3.63, 3.8) is 0 Å². The van der Waals surface area contributed by atoms with Crippen LogP contribution in [0, 0.1) is 0 Å². The zero-order valence-electron chi connectivity index (χ0n) is 11.9. The summed E-state index contributed by atoms with van der Waals surface area (Å²) < 4.78 is 25.9. The van der Waals surface area contributed by atoms with E-state index in [1.807, 2.05) is 30.3 Å². The molecule has 21 heavy (non-hydrogen) atoms. The molecule has 0 spiro atoms. The lowest BCUT2D eigenvalue weighted by molar-refractivity contribution is -0.121. The number of amides is 1. The second-order valence-electron chi connectivity index (χ2n) is 4.66. The van der Waals surface area contributed by atoms with Crippen molar-refractivity contribution in [3.05, 3.63) is 35.9 Å². The molecule has 1 amide bonds. The molecule has 1 rings (SSSR count). The van der Waals surface area contributed by atoms with Crippen LogP contribution in [0.2, 0.25) is 0 Å². The van der Waals surface area contributed by atoms with Crippen LogP contribution in [0.25, 0.3) is 0 Å². The van der Waals surface area contributed by atoms with Crippen molar-refractivity contribution >= 4 is 28.3 Å². The first-order chi connectivity index (χ1) is 9.39. The van der Waals surface area contributed by atoms with E-state index in [-0.39, 0.29) is 49.6 Å². The fourth-order valence-electron chi connectivity index (χ4n) is 1.55. The second-order valence-corrected chi connectivity index (χ2v) is 6.58. The lowest BCUT2D eigenvalue weighted by Crippen LogP contribution is -2.36. The Balaban J connectivity index is 0.00000400. The summed E-state index contributed by atoms with van der Waals surface area (Å²) in [6, 6.07) is 9.00. The minimum absolute atomic E-state index is 0. The van der Waals surface area contributed by atoms with E-state index >= 15 is 0 Å². The van der Waals surface area contributed by atoms with Gasteiger partial charge in [0, 0.05) is 25.6 Å². The third kappa shape index (κ3) is 9.41. The Morgan fingerprint density at radius 1 is 1.29 bits per heavy atom. The van der Waals surface area contributed by atoms with Crippen molar-refractivity contribution in [1.29, 1.82) is 0 Å². The summed E-state index contributed by atoms with van der Waals surface area (Å²) in [5.41, 5.74) is 6.36. The lowest BCUT2D eigenvalue weighted by atomic mass is 10.2. The van der Waals surface area contributed by atoms with Gasteiger partial charge in [-0.05, 0) is 12.5 Å². The normalized spacial score (nSPS) is 12.3. The summed E-state index contributed by atoms with van der Waals surface area (Å²) in [5, 5.41) is 2.53. The molecule has 0 aliphatic heterocycles. The van der Waals surface area contributed by atoms with Gasteiger partial charge < -0.3 is 11.1 Å². The van der Waals surface area contributed by atoms with E-state index < -0.39 is 10.0 Å². The summed E-state index contributed by atoms with van der Waals surface area (Å²) in [4.78, 5) is 11.3. The van der Waals surface area contributed by atoms with Gasteiger partial charge in [-0.15, -0.1) is 12.4 Å². The fourth-order valence-corrected chi connectivity index (χ4v) is 2.45. The maximum atomic E-state index is 11.7. The molecule has 8 heteroatoms. The van der Waals surface area contributed by atoms with E-state index in [1.54, 1.807) is 6.92 Å². The Bertz CT molecular complexity index is 521. The standard InChI is InChI=1S/C13H21N3O3S.ClH/c1-11(14)9-13(17)15-7-8-20(18,19)16-10-12-5-3-2-4-6-12;/h2-6,11,16H,7-10,14H2,1H3,(H,15,17);1H. The highest BCUT2D eigenvalue weighted by molar-refractivity contribution is 7.89. The number of nitrogens with one attached hydrogen (secondary N) is 2. The van der Waals surface area contributed by atoms with Gasteiger partial charge in [0.25, 0.3) is 0 Å². The van der Waals surface area contributed by atoms with Crippen LogP contribution in [-0.4, -0.2) is 32.7 Å². The van der Waals surface area contributed by atoms with Gasteiger partial charge in [0.1, 0.15) is 0 Å². The molecule has 1 aromatic carbocycles. The molecule has 0 saturated heterocycles. The van der Waals surface area contributed by atoms with Crippen LogP contribution in [0.3, 0.4) is 0 Å². The molecular weight excluding hydrogens is 314 g/mol. The van der Waals surface area contributed by atoms with Gasteiger partial charge in [0.05, 0.1) is 5.75 Å². The first-order valence-electron chi connectivity index (χ1n) is 6.42. The molecule has 4 N–H and O–H groups in total. The Morgan fingerprint density at radius 3 is 2.48 bits per heavy atom. The van der Waals surface area contributed by atoms with Crippen molar-refractivity contribution in [3.8, 4) is 0 Å². The van der Waals surface area contributed by atoms with Crippen molar-refractivity contribution in [2.24, 2.45) is 5.73 Å². The molecule has 0 saturated carbocycles. The Morgan fingerprint density at radius 2 is 1.90 bits per heavy atom. The topological polar surface area (TPSA) is 101 Å². The highest BCUT2D eigenvalue weighted by atomic mass is 35.5. The number of hydrogen-bond donors (Lipinski definition) is 3. The predicted molar refractivity (Wildman–Crippen MR) is 85.6 cm³/mol. The molecule has 1 aromatic rings. The van der Waals surface area contributed by atoms with Crippen molar-refractivity contribution in [2.45, 2.75) is 25.9 Å². The molecule has 0 aliphatic rings. The largest absolute Gasteiger partial charge is 0.355 e. The summed E-state index contributed by atoms with van der Waals surface area (Å²) in [6.45, 7) is 2.05. The quantitative estimate of drug-likeness (QED) is 0.639. The number of rotatable bonds is 8. The summed E-state index contributed by atoms with van der Waals surface area (Å²) in [5.74, 6) is -0.386. The van der Waals surface area contributed by atoms with Crippen LogP contribution in [0.15, 0.2) is 30.3 Å². The molecule has 1 atom stereocenters. The first-order valence-corrected chi connectivity index (χ1v) is 8.08. The molecule has 0 aliphatic carbocycles. The predicted octanol–water partition coefficient (Wildman–Crippen LogP) is 0.381. The van der Waals surface area contributed by atoms with Crippen LogP contribution < -0.4 is 15.8 Å².